The molecule has 1 heterocycles. The minimum absolute atomic E-state index is 0.0975. The van der Waals surface area contributed by atoms with Gasteiger partial charge in [-0.2, -0.15) is 0 Å². The summed E-state index contributed by atoms with van der Waals surface area (Å²) in [5.74, 6) is -0.387. The van der Waals surface area contributed by atoms with E-state index in [1.165, 1.54) is 25.3 Å². The van der Waals surface area contributed by atoms with Crippen LogP contribution in [0.5, 0.6) is 11.5 Å². The molecule has 0 unspecified atom stereocenters. The number of rotatable bonds is 3. The fourth-order valence-electron chi connectivity index (χ4n) is 1.86. The molecule has 1 saturated heterocycles. The number of carbonyl (C=O) groups excluding carboxylic acids is 2. The summed E-state index contributed by atoms with van der Waals surface area (Å²) >= 11 is 5.86. The van der Waals surface area contributed by atoms with Gasteiger partial charge in [-0.05, 0) is 30.7 Å². The highest BCUT2D eigenvalue weighted by molar-refractivity contribution is 6.32. The topological polar surface area (TPSA) is 78.9 Å². The lowest BCUT2D eigenvalue weighted by Crippen LogP contribution is -2.30. The number of carbonyl (C=O) groups is 2. The first-order valence-electron chi connectivity index (χ1n) is 5.89. The van der Waals surface area contributed by atoms with Crippen molar-refractivity contribution in [2.75, 3.05) is 13.7 Å². The van der Waals surface area contributed by atoms with Gasteiger partial charge in [-0.25, -0.2) is 4.79 Å². The summed E-state index contributed by atoms with van der Waals surface area (Å²) in [4.78, 5) is 24.5. The molecule has 1 aromatic rings. The van der Waals surface area contributed by atoms with Gasteiger partial charge in [0.05, 0.1) is 12.1 Å². The van der Waals surface area contributed by atoms with Crippen molar-refractivity contribution >= 4 is 29.6 Å². The fraction of sp³-hybridized carbons (Fsp3) is 0.231. The Kier molecular flexibility index (Phi) is 3.85. The average Bonchev–Trinajstić information content (AvgIpc) is 2.68. The third kappa shape index (κ3) is 2.42. The number of nitrogens with one attached hydrogen (secondary N) is 1. The van der Waals surface area contributed by atoms with Crippen LogP contribution in [0.1, 0.15) is 12.5 Å². The van der Waals surface area contributed by atoms with E-state index in [0.717, 1.165) is 4.90 Å². The molecule has 0 spiro atoms. The highest BCUT2D eigenvalue weighted by Gasteiger charge is 2.32. The van der Waals surface area contributed by atoms with Crippen molar-refractivity contribution in [2.24, 2.45) is 0 Å². The Balaban J connectivity index is 2.39. The van der Waals surface area contributed by atoms with E-state index in [4.69, 9.17) is 16.3 Å². The molecule has 0 aliphatic carbocycles. The van der Waals surface area contributed by atoms with E-state index in [-0.39, 0.29) is 22.2 Å². The van der Waals surface area contributed by atoms with Crippen LogP contribution < -0.4 is 10.1 Å². The second-order valence-corrected chi connectivity index (χ2v) is 4.50. The molecule has 1 aromatic carbocycles. The molecular weight excluding hydrogens is 284 g/mol. The van der Waals surface area contributed by atoms with Crippen molar-refractivity contribution < 1.29 is 19.4 Å². The van der Waals surface area contributed by atoms with Gasteiger partial charge < -0.3 is 15.2 Å². The molecule has 0 radical (unpaired) electrons. The summed E-state index contributed by atoms with van der Waals surface area (Å²) in [7, 11) is 1.39. The van der Waals surface area contributed by atoms with Crippen molar-refractivity contribution in [1.29, 1.82) is 0 Å². The Hall–Kier alpha value is -2.21. The first-order chi connectivity index (χ1) is 9.47. The number of imide groups is 1. The molecule has 20 heavy (non-hydrogen) atoms. The zero-order valence-electron chi connectivity index (χ0n) is 10.9. The van der Waals surface area contributed by atoms with Gasteiger partial charge in [0.25, 0.3) is 5.91 Å². The SMILES string of the molecule is CCN1C(=O)N/C(=C/c2cc(Cl)c(O)c(OC)c2)C1=O. The van der Waals surface area contributed by atoms with Crippen molar-refractivity contribution in [1.82, 2.24) is 10.2 Å². The number of likely N-dealkylation sites (N-methyl/N-ethyl adjacent to an activating group) is 1. The molecule has 0 saturated carbocycles. The van der Waals surface area contributed by atoms with Crippen LogP contribution in [-0.4, -0.2) is 35.6 Å². The van der Waals surface area contributed by atoms with E-state index < -0.39 is 11.9 Å². The van der Waals surface area contributed by atoms with E-state index in [1.807, 2.05) is 0 Å². The van der Waals surface area contributed by atoms with Gasteiger partial charge in [0, 0.05) is 6.54 Å². The van der Waals surface area contributed by atoms with Crippen LogP contribution in [0.2, 0.25) is 5.02 Å². The number of amides is 3. The largest absolute Gasteiger partial charge is 0.503 e. The van der Waals surface area contributed by atoms with Crippen molar-refractivity contribution in [3.63, 3.8) is 0 Å². The third-order valence-electron chi connectivity index (χ3n) is 2.86. The molecule has 2 N–H and O–H groups in total. The molecule has 0 aromatic heterocycles. The van der Waals surface area contributed by atoms with Gasteiger partial charge in [0.15, 0.2) is 11.5 Å². The lowest BCUT2D eigenvalue weighted by molar-refractivity contribution is -0.122. The lowest BCUT2D eigenvalue weighted by atomic mass is 10.1. The average molecular weight is 297 g/mol. The van der Waals surface area contributed by atoms with E-state index in [1.54, 1.807) is 6.92 Å². The highest BCUT2D eigenvalue weighted by atomic mass is 35.5. The molecule has 1 aliphatic rings. The predicted octanol–water partition coefficient (Wildman–Crippen LogP) is 1.97. The number of ether oxygens (including phenoxy) is 1. The highest BCUT2D eigenvalue weighted by Crippen LogP contribution is 2.35. The molecule has 106 valence electrons. The zero-order chi connectivity index (χ0) is 14.9. The molecule has 6 nitrogen and oxygen atoms in total. The minimum Gasteiger partial charge on any atom is -0.503 e. The van der Waals surface area contributed by atoms with Crippen LogP contribution in [0.4, 0.5) is 4.79 Å². The monoisotopic (exact) mass is 296 g/mol. The van der Waals surface area contributed by atoms with Gasteiger partial charge in [-0.1, -0.05) is 11.6 Å². The number of urea groups is 1. The molecule has 1 fully saturated rings. The Morgan fingerprint density at radius 1 is 1.45 bits per heavy atom. The summed E-state index contributed by atoms with van der Waals surface area (Å²) in [6.45, 7) is 2.00. The van der Waals surface area contributed by atoms with Crippen LogP contribution in [-0.2, 0) is 4.79 Å². The summed E-state index contributed by atoms with van der Waals surface area (Å²) in [6, 6.07) is 2.53. The van der Waals surface area contributed by atoms with Crippen LogP contribution >= 0.6 is 11.6 Å². The number of benzene rings is 1. The second kappa shape index (κ2) is 5.42. The lowest BCUT2D eigenvalue weighted by Gasteiger charge is -2.07. The van der Waals surface area contributed by atoms with Crippen LogP contribution in [0.15, 0.2) is 17.8 Å². The number of phenolic OH excluding ortho intramolecular Hbond substituents is 1. The molecule has 0 atom stereocenters. The Morgan fingerprint density at radius 3 is 2.70 bits per heavy atom. The molecule has 3 amide bonds. The van der Waals surface area contributed by atoms with E-state index in [0.29, 0.717) is 12.1 Å². The van der Waals surface area contributed by atoms with E-state index in [9.17, 15) is 14.7 Å². The van der Waals surface area contributed by atoms with E-state index in [2.05, 4.69) is 5.32 Å². The minimum atomic E-state index is -0.458. The van der Waals surface area contributed by atoms with Gasteiger partial charge in [0.1, 0.15) is 5.70 Å². The molecule has 1 aliphatic heterocycles. The van der Waals surface area contributed by atoms with Crippen molar-refractivity contribution in [3.05, 3.63) is 28.4 Å². The maximum Gasteiger partial charge on any atom is 0.328 e. The molecule has 0 bridgehead atoms. The number of aromatic hydroxyl groups is 1. The first-order valence-corrected chi connectivity index (χ1v) is 6.26. The Morgan fingerprint density at radius 2 is 2.15 bits per heavy atom. The molecule has 7 heteroatoms. The Bertz CT molecular complexity index is 613. The van der Waals surface area contributed by atoms with Gasteiger partial charge in [-0.3, -0.25) is 9.69 Å². The fourth-order valence-corrected chi connectivity index (χ4v) is 2.08. The summed E-state index contributed by atoms with van der Waals surface area (Å²) in [5.41, 5.74) is 0.687. The first kappa shape index (κ1) is 14.2. The quantitative estimate of drug-likeness (QED) is 0.660. The van der Waals surface area contributed by atoms with Gasteiger partial charge in [-0.15, -0.1) is 0 Å². The van der Waals surface area contributed by atoms with E-state index >= 15 is 0 Å². The summed E-state index contributed by atoms with van der Waals surface area (Å²) in [6.07, 6.45) is 1.48. The summed E-state index contributed by atoms with van der Waals surface area (Å²) in [5, 5.41) is 12.2. The molecular formula is C13H13ClN2O4. The maximum absolute atomic E-state index is 11.9. The zero-order valence-corrected chi connectivity index (χ0v) is 11.7. The number of nitrogens with zero attached hydrogens (tertiary/aromatic N) is 1. The smallest absolute Gasteiger partial charge is 0.328 e. The van der Waals surface area contributed by atoms with Crippen LogP contribution in [0.25, 0.3) is 6.08 Å². The van der Waals surface area contributed by atoms with Crippen LogP contribution in [0, 0.1) is 0 Å². The van der Waals surface area contributed by atoms with Gasteiger partial charge >= 0.3 is 6.03 Å². The van der Waals surface area contributed by atoms with Crippen LogP contribution in [0.3, 0.4) is 0 Å². The maximum atomic E-state index is 11.9. The normalized spacial score (nSPS) is 16.8. The number of methoxy groups -OCH3 is 1. The Labute approximate surface area is 120 Å². The number of phenols is 1. The predicted molar refractivity (Wildman–Crippen MR) is 73.6 cm³/mol. The number of halogens is 1. The third-order valence-corrected chi connectivity index (χ3v) is 3.15. The number of hydrogen-bond donors (Lipinski definition) is 2. The standard InChI is InChI=1S/C13H13ClN2O4/c1-3-16-12(18)9(15-13(16)19)5-7-4-8(14)11(17)10(6-7)20-2/h4-6,17H,3H2,1-2H3,(H,15,19)/b9-5+. The number of hydrogen-bond acceptors (Lipinski definition) is 4. The second-order valence-electron chi connectivity index (χ2n) is 4.09. The van der Waals surface area contributed by atoms with Crippen molar-refractivity contribution in [2.45, 2.75) is 6.92 Å². The summed E-state index contributed by atoms with van der Waals surface area (Å²) < 4.78 is 4.97. The van der Waals surface area contributed by atoms with Gasteiger partial charge in [0.2, 0.25) is 0 Å². The molecule has 2 rings (SSSR count). The van der Waals surface area contributed by atoms with Crippen molar-refractivity contribution in [3.8, 4) is 11.5 Å².